The van der Waals surface area contributed by atoms with Crippen molar-refractivity contribution in [1.82, 2.24) is 0 Å². The Hall–Kier alpha value is -2.35. The molecular weight excluding hydrogens is 486 g/mol. The van der Waals surface area contributed by atoms with Gasteiger partial charge in [0.05, 0.1) is 11.1 Å². The summed E-state index contributed by atoms with van der Waals surface area (Å²) in [7, 11) is 0. The number of rotatable bonds is 10. The maximum Gasteiger partial charge on any atom is 0.291 e. The highest BCUT2D eigenvalue weighted by Crippen LogP contribution is 2.40. The van der Waals surface area contributed by atoms with Crippen LogP contribution in [0.2, 0.25) is 0 Å². The first kappa shape index (κ1) is 23.8. The number of hydrogen-bond acceptors (Lipinski definition) is 5. The van der Waals surface area contributed by atoms with Gasteiger partial charge in [0.2, 0.25) is 0 Å². The molecule has 2 aromatic rings. The normalized spacial score (nSPS) is 18.6. The van der Waals surface area contributed by atoms with Crippen molar-refractivity contribution in [2.24, 2.45) is 0 Å². The van der Waals surface area contributed by atoms with Crippen LogP contribution in [-0.4, -0.2) is 32.0 Å². The molecule has 1 saturated carbocycles. The van der Waals surface area contributed by atoms with Crippen molar-refractivity contribution in [1.29, 1.82) is 0 Å². The first-order valence-corrected chi connectivity index (χ1v) is 12.3. The number of carbonyl (C=O) groups excluding carboxylic acids is 1. The first-order valence-electron chi connectivity index (χ1n) is 11.5. The minimum atomic E-state index is -0.315. The predicted octanol–water partition coefficient (Wildman–Crippen LogP) is 6.17. The van der Waals surface area contributed by atoms with Crippen LogP contribution in [0.15, 0.2) is 58.8 Å². The second kappa shape index (κ2) is 11.7. The summed E-state index contributed by atoms with van der Waals surface area (Å²) in [5.41, 5.74) is 1.97. The number of carbonyl (C=O) groups is 1. The van der Waals surface area contributed by atoms with E-state index in [0.717, 1.165) is 30.3 Å². The lowest BCUT2D eigenvalue weighted by Gasteiger charge is -2.22. The zero-order valence-electron chi connectivity index (χ0n) is 18.8. The molecule has 0 spiro atoms. The van der Waals surface area contributed by atoms with Crippen LogP contribution >= 0.6 is 15.9 Å². The topological polar surface area (TPSA) is 66.0 Å². The molecule has 6 nitrogen and oxygen atoms in total. The minimum absolute atomic E-state index is 0.123. The summed E-state index contributed by atoms with van der Waals surface area (Å²) in [5.74, 6) is 1.94. The molecule has 0 aromatic heterocycles. The summed E-state index contributed by atoms with van der Waals surface area (Å²) in [5, 5.41) is 2.87. The lowest BCUT2D eigenvalue weighted by atomic mass is 10.1. The van der Waals surface area contributed by atoms with Gasteiger partial charge in [-0.2, -0.15) is 0 Å². The van der Waals surface area contributed by atoms with Crippen LogP contribution in [0, 0.1) is 0 Å². The molecule has 1 heterocycles. The maximum atomic E-state index is 12.7. The van der Waals surface area contributed by atoms with E-state index >= 15 is 0 Å². The van der Waals surface area contributed by atoms with Crippen LogP contribution in [0.1, 0.15) is 50.5 Å². The van der Waals surface area contributed by atoms with Crippen LogP contribution in [0.25, 0.3) is 0 Å². The Kier molecular flexibility index (Phi) is 8.42. The average Bonchev–Trinajstić information content (AvgIpc) is 3.68. The first-order chi connectivity index (χ1) is 16.1. The highest BCUT2D eigenvalue weighted by molar-refractivity contribution is 9.10. The molecule has 33 heavy (non-hydrogen) atoms. The van der Waals surface area contributed by atoms with Gasteiger partial charge in [-0.3, -0.25) is 4.79 Å². The van der Waals surface area contributed by atoms with E-state index in [-0.39, 0.29) is 18.0 Å². The third-order valence-corrected chi connectivity index (χ3v) is 6.23. The monoisotopic (exact) mass is 515 g/mol. The molecule has 7 heteroatoms. The molecule has 1 aliphatic heterocycles. The Morgan fingerprint density at radius 2 is 1.94 bits per heavy atom. The summed E-state index contributed by atoms with van der Waals surface area (Å²) in [6, 6.07) is 13.4. The molecular formula is C26H30BrNO5. The fourth-order valence-electron chi connectivity index (χ4n) is 3.65. The predicted molar refractivity (Wildman–Crippen MR) is 131 cm³/mol. The minimum Gasteiger partial charge on any atom is -0.490 e. The van der Waals surface area contributed by atoms with Gasteiger partial charge in [-0.15, -0.1) is 0 Å². The van der Waals surface area contributed by atoms with E-state index in [9.17, 15) is 4.79 Å². The van der Waals surface area contributed by atoms with Crippen molar-refractivity contribution in [2.45, 2.75) is 51.2 Å². The number of hydrogen-bond donors (Lipinski definition) is 1. The van der Waals surface area contributed by atoms with Gasteiger partial charge in [0.1, 0.15) is 18.1 Å². The van der Waals surface area contributed by atoms with E-state index in [1.165, 1.54) is 18.4 Å². The second-order valence-corrected chi connectivity index (χ2v) is 9.07. The van der Waals surface area contributed by atoms with Crippen molar-refractivity contribution in [3.05, 3.63) is 64.3 Å². The molecule has 1 N–H and O–H groups in total. The lowest BCUT2D eigenvalue weighted by molar-refractivity contribution is -0.165. The summed E-state index contributed by atoms with van der Waals surface area (Å²) >= 11 is 3.51. The standard InChI is InChI=1S/C26H30BrNO5/c1-2-23(33-21-11-8-19(9-12-21)18-6-7-18)26(29)28-20-10-13-24(22(27)17-20)30-15-16-32-25-5-3-4-14-31-25/h2,8-13,17-18,25H,3-7,14-16H2,1H3,(H,28,29)/b23-2-. The maximum absolute atomic E-state index is 12.7. The molecule has 176 valence electrons. The molecule has 0 bridgehead atoms. The zero-order chi connectivity index (χ0) is 23.0. The van der Waals surface area contributed by atoms with Gasteiger partial charge in [0, 0.05) is 12.3 Å². The molecule has 1 atom stereocenters. The van der Waals surface area contributed by atoms with Crippen molar-refractivity contribution in [2.75, 3.05) is 25.1 Å². The summed E-state index contributed by atoms with van der Waals surface area (Å²) in [6.45, 7) is 3.41. The fourth-order valence-corrected chi connectivity index (χ4v) is 4.14. The number of anilines is 1. The van der Waals surface area contributed by atoms with Crippen molar-refractivity contribution >= 4 is 27.5 Å². The largest absolute Gasteiger partial charge is 0.490 e. The number of halogens is 1. The number of ether oxygens (including phenoxy) is 4. The van der Waals surface area contributed by atoms with Crippen LogP contribution in [0.4, 0.5) is 5.69 Å². The van der Waals surface area contributed by atoms with Gasteiger partial charge in [-0.25, -0.2) is 0 Å². The summed E-state index contributed by atoms with van der Waals surface area (Å²) < 4.78 is 23.6. The number of benzene rings is 2. The molecule has 1 aliphatic carbocycles. The van der Waals surface area contributed by atoms with Gasteiger partial charge in [-0.1, -0.05) is 12.1 Å². The fraction of sp³-hybridized carbons (Fsp3) is 0.423. The average molecular weight is 516 g/mol. The van der Waals surface area contributed by atoms with Gasteiger partial charge in [-0.05, 0) is 103 Å². The highest BCUT2D eigenvalue weighted by atomic mass is 79.9. The van der Waals surface area contributed by atoms with Crippen molar-refractivity contribution < 1.29 is 23.7 Å². The molecule has 2 aromatic carbocycles. The Balaban J connectivity index is 1.25. The third kappa shape index (κ3) is 7.06. The smallest absolute Gasteiger partial charge is 0.291 e. The Bertz CT molecular complexity index is 965. The van der Waals surface area contributed by atoms with Gasteiger partial charge < -0.3 is 24.3 Å². The SMILES string of the molecule is C/C=C(\Oc1ccc(C2CC2)cc1)C(=O)Nc1ccc(OCCOC2CCCCO2)c(Br)c1. The van der Waals surface area contributed by atoms with Crippen LogP contribution in [-0.2, 0) is 14.3 Å². The Morgan fingerprint density at radius 3 is 2.61 bits per heavy atom. The summed E-state index contributed by atoms with van der Waals surface area (Å²) in [6.07, 6.45) is 7.21. The molecule has 1 amide bonds. The van der Waals surface area contributed by atoms with E-state index < -0.39 is 0 Å². The quantitative estimate of drug-likeness (QED) is 0.233. The number of allylic oxidation sites excluding steroid dienone is 1. The molecule has 2 fully saturated rings. The highest BCUT2D eigenvalue weighted by Gasteiger charge is 2.23. The van der Waals surface area contributed by atoms with Gasteiger partial charge in [0.25, 0.3) is 5.91 Å². The van der Waals surface area contributed by atoms with E-state index in [4.69, 9.17) is 18.9 Å². The lowest BCUT2D eigenvalue weighted by Crippen LogP contribution is -2.24. The van der Waals surface area contributed by atoms with Crippen molar-refractivity contribution in [3.63, 3.8) is 0 Å². The van der Waals surface area contributed by atoms with E-state index in [1.807, 2.05) is 18.2 Å². The van der Waals surface area contributed by atoms with Crippen LogP contribution < -0.4 is 14.8 Å². The van der Waals surface area contributed by atoms with E-state index in [2.05, 4.69) is 33.4 Å². The number of amides is 1. The van der Waals surface area contributed by atoms with Gasteiger partial charge in [0.15, 0.2) is 12.0 Å². The Morgan fingerprint density at radius 1 is 1.12 bits per heavy atom. The Labute approximate surface area is 203 Å². The molecule has 0 radical (unpaired) electrons. The number of nitrogens with one attached hydrogen (secondary N) is 1. The molecule has 2 aliphatic rings. The van der Waals surface area contributed by atoms with Crippen LogP contribution in [0.5, 0.6) is 11.5 Å². The molecule has 1 saturated heterocycles. The third-order valence-electron chi connectivity index (χ3n) is 5.61. The van der Waals surface area contributed by atoms with E-state index in [0.29, 0.717) is 36.3 Å². The molecule has 4 rings (SSSR count). The van der Waals surface area contributed by atoms with Crippen molar-refractivity contribution in [3.8, 4) is 11.5 Å². The van der Waals surface area contributed by atoms with Crippen LogP contribution in [0.3, 0.4) is 0 Å². The van der Waals surface area contributed by atoms with Gasteiger partial charge >= 0.3 is 0 Å². The molecule has 1 unspecified atom stereocenters. The van der Waals surface area contributed by atoms with E-state index in [1.54, 1.807) is 25.1 Å². The summed E-state index contributed by atoms with van der Waals surface area (Å²) in [4.78, 5) is 12.7. The zero-order valence-corrected chi connectivity index (χ0v) is 20.4. The second-order valence-electron chi connectivity index (χ2n) is 8.21.